The van der Waals surface area contributed by atoms with Crippen molar-refractivity contribution in [1.29, 1.82) is 0 Å². The van der Waals surface area contributed by atoms with Crippen molar-refractivity contribution < 1.29 is 4.74 Å². The van der Waals surface area contributed by atoms with Crippen LogP contribution in [0.1, 0.15) is 38.6 Å². The van der Waals surface area contributed by atoms with Crippen molar-refractivity contribution in [3.63, 3.8) is 0 Å². The summed E-state index contributed by atoms with van der Waals surface area (Å²) in [6.07, 6.45) is 1.86. The fraction of sp³-hybridized carbons (Fsp3) is 0.714. The van der Waals surface area contributed by atoms with E-state index in [9.17, 15) is 0 Å². The minimum absolute atomic E-state index is 0.532. The van der Waals surface area contributed by atoms with Gasteiger partial charge in [-0.2, -0.15) is 0 Å². The summed E-state index contributed by atoms with van der Waals surface area (Å²) in [7, 11) is 0. The van der Waals surface area contributed by atoms with Crippen LogP contribution >= 0.6 is 11.6 Å². The number of anilines is 1. The van der Waals surface area contributed by atoms with E-state index in [1.165, 1.54) is 0 Å². The molecule has 19 heavy (non-hydrogen) atoms. The number of halogens is 1. The van der Waals surface area contributed by atoms with E-state index in [1.807, 2.05) is 6.92 Å². The molecule has 0 aliphatic heterocycles. The number of aromatic nitrogens is 2. The van der Waals surface area contributed by atoms with Gasteiger partial charge in [0, 0.05) is 25.1 Å². The molecule has 1 aromatic heterocycles. The van der Waals surface area contributed by atoms with Crippen LogP contribution in [0.4, 0.5) is 5.82 Å². The molecule has 0 aliphatic carbocycles. The van der Waals surface area contributed by atoms with E-state index in [0.717, 1.165) is 43.2 Å². The Morgan fingerprint density at radius 2 is 2.05 bits per heavy atom. The molecule has 0 radical (unpaired) electrons. The van der Waals surface area contributed by atoms with Gasteiger partial charge in [-0.25, -0.2) is 9.97 Å². The minimum atomic E-state index is 0.532. The summed E-state index contributed by atoms with van der Waals surface area (Å²) >= 11 is 6.11. The lowest BCUT2D eigenvalue weighted by molar-refractivity contribution is 0.118. The van der Waals surface area contributed by atoms with Crippen LogP contribution < -0.4 is 5.32 Å². The van der Waals surface area contributed by atoms with Crippen LogP contribution in [0.25, 0.3) is 0 Å². The minimum Gasteiger partial charge on any atom is -0.379 e. The van der Waals surface area contributed by atoms with Crippen LogP contribution in [0.15, 0.2) is 0 Å². The number of hydrogen-bond donors (Lipinski definition) is 1. The predicted octanol–water partition coefficient (Wildman–Crippen LogP) is 3.48. The maximum Gasteiger partial charge on any atom is 0.137 e. The lowest BCUT2D eigenvalue weighted by Crippen LogP contribution is -2.14. The Bertz CT molecular complexity index is 397. The lowest BCUT2D eigenvalue weighted by Gasteiger charge is -2.12. The van der Waals surface area contributed by atoms with Crippen LogP contribution in [0.2, 0.25) is 5.15 Å². The number of aryl methyl sites for hydroxylation is 1. The van der Waals surface area contributed by atoms with E-state index in [1.54, 1.807) is 0 Å². The molecule has 0 atom stereocenters. The topological polar surface area (TPSA) is 47.0 Å². The van der Waals surface area contributed by atoms with Crippen molar-refractivity contribution in [2.75, 3.05) is 25.1 Å². The molecule has 0 saturated heterocycles. The molecule has 0 saturated carbocycles. The van der Waals surface area contributed by atoms with E-state index in [-0.39, 0.29) is 0 Å². The van der Waals surface area contributed by atoms with Crippen molar-refractivity contribution in [1.82, 2.24) is 9.97 Å². The maximum atomic E-state index is 6.11. The fourth-order valence-electron chi connectivity index (χ4n) is 1.60. The van der Waals surface area contributed by atoms with Gasteiger partial charge < -0.3 is 10.1 Å². The SMILES string of the molecule is CCCc1nc(Cl)c(C)c(NCCOCC(C)C)n1. The molecule has 5 heteroatoms. The third kappa shape index (κ3) is 5.74. The highest BCUT2D eigenvalue weighted by Gasteiger charge is 2.08. The van der Waals surface area contributed by atoms with Crippen molar-refractivity contribution in [2.45, 2.75) is 40.5 Å². The molecular formula is C14H24ClN3O. The zero-order valence-corrected chi connectivity index (χ0v) is 13.0. The van der Waals surface area contributed by atoms with Gasteiger partial charge in [-0.15, -0.1) is 0 Å². The summed E-state index contributed by atoms with van der Waals surface area (Å²) in [6.45, 7) is 10.5. The normalized spacial score (nSPS) is 11.1. The molecule has 4 nitrogen and oxygen atoms in total. The molecule has 0 aliphatic rings. The van der Waals surface area contributed by atoms with Gasteiger partial charge in [-0.3, -0.25) is 0 Å². The summed E-state index contributed by atoms with van der Waals surface area (Å²) in [5.74, 6) is 2.17. The Hall–Kier alpha value is -0.870. The molecule has 0 amide bonds. The van der Waals surface area contributed by atoms with Gasteiger partial charge >= 0.3 is 0 Å². The van der Waals surface area contributed by atoms with Crippen LogP contribution in [0.3, 0.4) is 0 Å². The first-order chi connectivity index (χ1) is 9.04. The molecule has 1 aromatic rings. The second-order valence-corrected chi connectivity index (χ2v) is 5.41. The average Bonchev–Trinajstić information content (AvgIpc) is 2.34. The first-order valence-corrected chi connectivity index (χ1v) is 7.27. The second-order valence-electron chi connectivity index (χ2n) is 5.05. The van der Waals surface area contributed by atoms with Gasteiger partial charge in [0.25, 0.3) is 0 Å². The summed E-state index contributed by atoms with van der Waals surface area (Å²) < 4.78 is 5.53. The predicted molar refractivity (Wildman–Crippen MR) is 79.9 cm³/mol. The molecule has 0 fully saturated rings. The maximum absolute atomic E-state index is 6.11. The number of hydrogen-bond acceptors (Lipinski definition) is 4. The highest BCUT2D eigenvalue weighted by Crippen LogP contribution is 2.20. The van der Waals surface area contributed by atoms with E-state index in [2.05, 4.69) is 36.1 Å². The van der Waals surface area contributed by atoms with E-state index < -0.39 is 0 Å². The van der Waals surface area contributed by atoms with E-state index in [4.69, 9.17) is 16.3 Å². The standard InChI is InChI=1S/C14H24ClN3O/c1-5-6-12-17-13(15)11(4)14(18-12)16-7-8-19-9-10(2)3/h10H,5-9H2,1-4H3,(H,16,17,18). The molecule has 1 heterocycles. The highest BCUT2D eigenvalue weighted by molar-refractivity contribution is 6.30. The monoisotopic (exact) mass is 285 g/mol. The van der Waals surface area contributed by atoms with Gasteiger partial charge in [0.1, 0.15) is 16.8 Å². The van der Waals surface area contributed by atoms with Crippen molar-refractivity contribution in [3.8, 4) is 0 Å². The van der Waals surface area contributed by atoms with E-state index >= 15 is 0 Å². The first kappa shape index (κ1) is 16.2. The van der Waals surface area contributed by atoms with Crippen LogP contribution in [0.5, 0.6) is 0 Å². The lowest BCUT2D eigenvalue weighted by atomic mass is 10.2. The molecule has 108 valence electrons. The highest BCUT2D eigenvalue weighted by atomic mass is 35.5. The zero-order chi connectivity index (χ0) is 14.3. The Morgan fingerprint density at radius 1 is 1.32 bits per heavy atom. The molecule has 0 unspecified atom stereocenters. The van der Waals surface area contributed by atoms with Gasteiger partial charge in [0.05, 0.1) is 6.61 Å². The summed E-state index contributed by atoms with van der Waals surface area (Å²) in [6, 6.07) is 0. The summed E-state index contributed by atoms with van der Waals surface area (Å²) in [4.78, 5) is 8.77. The number of ether oxygens (including phenoxy) is 1. The molecule has 1 rings (SSSR count). The number of nitrogens with one attached hydrogen (secondary N) is 1. The Morgan fingerprint density at radius 3 is 2.68 bits per heavy atom. The third-order valence-corrected chi connectivity index (χ3v) is 2.96. The van der Waals surface area contributed by atoms with Gasteiger partial charge in [-0.1, -0.05) is 32.4 Å². The largest absolute Gasteiger partial charge is 0.379 e. The first-order valence-electron chi connectivity index (χ1n) is 6.89. The van der Waals surface area contributed by atoms with E-state index in [0.29, 0.717) is 17.7 Å². The fourth-order valence-corrected chi connectivity index (χ4v) is 1.79. The van der Waals surface area contributed by atoms with Crippen LogP contribution in [0, 0.1) is 12.8 Å². The summed E-state index contributed by atoms with van der Waals surface area (Å²) in [5, 5.41) is 3.80. The van der Waals surface area contributed by atoms with Crippen LogP contribution in [-0.2, 0) is 11.2 Å². The zero-order valence-electron chi connectivity index (χ0n) is 12.3. The third-order valence-electron chi connectivity index (χ3n) is 2.60. The van der Waals surface area contributed by atoms with Crippen molar-refractivity contribution >= 4 is 17.4 Å². The van der Waals surface area contributed by atoms with Crippen LogP contribution in [-0.4, -0.2) is 29.7 Å². The Balaban J connectivity index is 2.52. The molecular weight excluding hydrogens is 262 g/mol. The molecule has 0 spiro atoms. The van der Waals surface area contributed by atoms with Crippen molar-refractivity contribution in [3.05, 3.63) is 16.5 Å². The van der Waals surface area contributed by atoms with Crippen molar-refractivity contribution in [2.24, 2.45) is 5.92 Å². The number of nitrogens with zero attached hydrogens (tertiary/aromatic N) is 2. The molecule has 1 N–H and O–H groups in total. The molecule has 0 aromatic carbocycles. The Labute approximate surface area is 120 Å². The van der Waals surface area contributed by atoms with Gasteiger partial charge in [0.2, 0.25) is 0 Å². The Kier molecular flexibility index (Phi) is 7.10. The second kappa shape index (κ2) is 8.33. The quantitative estimate of drug-likeness (QED) is 0.587. The summed E-state index contributed by atoms with van der Waals surface area (Å²) in [5.41, 5.74) is 0.894. The van der Waals surface area contributed by atoms with Gasteiger partial charge in [0.15, 0.2) is 0 Å². The number of rotatable bonds is 8. The molecule has 0 bridgehead atoms. The average molecular weight is 286 g/mol. The van der Waals surface area contributed by atoms with Gasteiger partial charge in [-0.05, 0) is 19.3 Å². The smallest absolute Gasteiger partial charge is 0.137 e.